The molecule has 0 aromatic rings. The molecule has 2 aliphatic rings. The highest BCUT2D eigenvalue weighted by atomic mass is 127. The number of nitrogens with one attached hydrogen (secondary N) is 1. The van der Waals surface area contributed by atoms with E-state index in [-0.39, 0.29) is 36.2 Å². The van der Waals surface area contributed by atoms with E-state index < -0.39 is 0 Å². The van der Waals surface area contributed by atoms with Gasteiger partial charge in [0.05, 0.1) is 12.7 Å². The van der Waals surface area contributed by atoms with Gasteiger partial charge in [0.15, 0.2) is 5.96 Å². The highest BCUT2D eigenvalue weighted by molar-refractivity contribution is 14.0. The molecule has 2 saturated heterocycles. The fourth-order valence-corrected chi connectivity index (χ4v) is 3.20. The lowest BCUT2D eigenvalue weighted by molar-refractivity contribution is -0.0817. The number of guanidine groups is 1. The largest absolute Gasteiger partial charge is 0.375 e. The van der Waals surface area contributed by atoms with Gasteiger partial charge in [-0.3, -0.25) is 4.99 Å². The summed E-state index contributed by atoms with van der Waals surface area (Å²) in [5.41, 5.74) is 0. The molecule has 0 aliphatic carbocycles. The minimum Gasteiger partial charge on any atom is -0.375 e. The molecule has 3 unspecified atom stereocenters. The van der Waals surface area contributed by atoms with Crippen molar-refractivity contribution in [1.29, 1.82) is 0 Å². The predicted molar refractivity (Wildman–Crippen MR) is 109 cm³/mol. The fraction of sp³-hybridized carbons (Fsp3) is 0.941. The van der Waals surface area contributed by atoms with Gasteiger partial charge in [-0.25, -0.2) is 0 Å². The number of ether oxygens (including phenoxy) is 2. The van der Waals surface area contributed by atoms with E-state index in [1.165, 1.54) is 6.42 Å². The van der Waals surface area contributed by atoms with Crippen molar-refractivity contribution in [3.63, 3.8) is 0 Å². The molecule has 2 fully saturated rings. The Morgan fingerprint density at radius 2 is 2.08 bits per heavy atom. The van der Waals surface area contributed by atoms with Crippen LogP contribution in [-0.4, -0.2) is 87.5 Å². The maximum Gasteiger partial charge on any atom is 0.193 e. The molecular formula is C17H35IN4O2. The zero-order valence-corrected chi connectivity index (χ0v) is 18.0. The summed E-state index contributed by atoms with van der Waals surface area (Å²) >= 11 is 0. The first-order valence-corrected chi connectivity index (χ1v) is 9.04. The average molecular weight is 454 g/mol. The van der Waals surface area contributed by atoms with E-state index in [1.807, 2.05) is 7.05 Å². The molecule has 2 rings (SSSR count). The van der Waals surface area contributed by atoms with Gasteiger partial charge in [-0.05, 0) is 33.2 Å². The second-order valence-electron chi connectivity index (χ2n) is 6.62. The zero-order valence-electron chi connectivity index (χ0n) is 15.7. The molecule has 0 bridgehead atoms. The summed E-state index contributed by atoms with van der Waals surface area (Å²) in [7, 11) is 4.04. The number of halogens is 1. The molecule has 0 saturated carbocycles. The van der Waals surface area contributed by atoms with Crippen LogP contribution >= 0.6 is 24.0 Å². The Morgan fingerprint density at radius 1 is 1.33 bits per heavy atom. The Kier molecular flexibility index (Phi) is 10.5. The molecule has 0 radical (unpaired) electrons. The monoisotopic (exact) mass is 454 g/mol. The van der Waals surface area contributed by atoms with Crippen LogP contribution in [-0.2, 0) is 9.47 Å². The standard InChI is InChI=1S/C17H34N4O2.HI/c1-5-14(2)20(4)9-8-19-17(18-3)21-10-12-23-16(13-21)15-7-6-11-22-15;/h14-16H,5-13H2,1-4H3,(H,18,19);1H. The van der Waals surface area contributed by atoms with Crippen molar-refractivity contribution in [3.8, 4) is 0 Å². The third-order valence-corrected chi connectivity index (χ3v) is 5.08. The topological polar surface area (TPSA) is 49.3 Å². The van der Waals surface area contributed by atoms with Crippen LogP contribution in [0.5, 0.6) is 0 Å². The third kappa shape index (κ3) is 6.31. The summed E-state index contributed by atoms with van der Waals surface area (Å²) in [6.07, 6.45) is 3.88. The summed E-state index contributed by atoms with van der Waals surface area (Å²) in [6.45, 7) is 9.81. The highest BCUT2D eigenvalue weighted by Gasteiger charge is 2.32. The SMILES string of the molecule is CCC(C)N(C)CCNC(=NC)N1CCOC(C2CCCO2)C1.I. The maximum atomic E-state index is 5.92. The second-order valence-corrected chi connectivity index (χ2v) is 6.62. The van der Waals surface area contributed by atoms with Crippen LogP contribution in [0.1, 0.15) is 33.1 Å². The van der Waals surface area contributed by atoms with Gasteiger partial charge >= 0.3 is 0 Å². The number of morpholine rings is 1. The number of likely N-dealkylation sites (N-methyl/N-ethyl adjacent to an activating group) is 1. The van der Waals surface area contributed by atoms with E-state index in [4.69, 9.17) is 9.47 Å². The van der Waals surface area contributed by atoms with Gasteiger partial charge in [0.1, 0.15) is 6.10 Å². The Morgan fingerprint density at radius 3 is 2.71 bits per heavy atom. The normalized spacial score (nSPS) is 26.4. The molecule has 3 atom stereocenters. The van der Waals surface area contributed by atoms with Gasteiger partial charge in [-0.15, -0.1) is 24.0 Å². The van der Waals surface area contributed by atoms with Crippen molar-refractivity contribution in [3.05, 3.63) is 0 Å². The lowest BCUT2D eigenvalue weighted by atomic mass is 10.1. The Bertz CT molecular complexity index is 378. The van der Waals surface area contributed by atoms with Gasteiger partial charge in [-0.2, -0.15) is 0 Å². The first kappa shape index (κ1) is 21.9. The Hall–Kier alpha value is -0.120. The second kappa shape index (κ2) is 11.5. The molecule has 24 heavy (non-hydrogen) atoms. The summed E-state index contributed by atoms with van der Waals surface area (Å²) in [5.74, 6) is 0.980. The highest BCUT2D eigenvalue weighted by Crippen LogP contribution is 2.20. The van der Waals surface area contributed by atoms with E-state index in [1.54, 1.807) is 0 Å². The van der Waals surface area contributed by atoms with Gasteiger partial charge < -0.3 is 24.6 Å². The van der Waals surface area contributed by atoms with Crippen molar-refractivity contribution >= 4 is 29.9 Å². The molecule has 7 heteroatoms. The average Bonchev–Trinajstić information content (AvgIpc) is 3.12. The third-order valence-electron chi connectivity index (χ3n) is 5.08. The molecule has 2 heterocycles. The van der Waals surface area contributed by atoms with Crippen molar-refractivity contribution < 1.29 is 9.47 Å². The molecule has 1 N–H and O–H groups in total. The molecule has 0 spiro atoms. The summed E-state index contributed by atoms with van der Waals surface area (Å²) in [5, 5.41) is 3.50. The number of aliphatic imine (C=N–C) groups is 1. The number of nitrogens with zero attached hydrogens (tertiary/aromatic N) is 3. The predicted octanol–water partition coefficient (Wildman–Crippen LogP) is 1.79. The molecular weight excluding hydrogens is 419 g/mol. The fourth-order valence-electron chi connectivity index (χ4n) is 3.20. The molecule has 0 aromatic carbocycles. The van der Waals surface area contributed by atoms with E-state index >= 15 is 0 Å². The summed E-state index contributed by atoms with van der Waals surface area (Å²) in [4.78, 5) is 9.14. The minimum absolute atomic E-state index is 0. The number of hydrogen-bond acceptors (Lipinski definition) is 4. The van der Waals surface area contributed by atoms with E-state index in [9.17, 15) is 0 Å². The number of rotatable bonds is 6. The molecule has 0 aromatic heterocycles. The first-order valence-electron chi connectivity index (χ1n) is 9.04. The van der Waals surface area contributed by atoms with Crippen molar-refractivity contribution in [1.82, 2.24) is 15.1 Å². The molecule has 142 valence electrons. The van der Waals surface area contributed by atoms with Gasteiger partial charge in [0.25, 0.3) is 0 Å². The smallest absolute Gasteiger partial charge is 0.193 e. The van der Waals surface area contributed by atoms with Crippen molar-refractivity contribution in [2.75, 3.05) is 53.5 Å². The minimum atomic E-state index is 0. The van der Waals surface area contributed by atoms with Crippen LogP contribution in [0.3, 0.4) is 0 Å². The van der Waals surface area contributed by atoms with Gasteiger partial charge in [0, 0.05) is 45.9 Å². The zero-order chi connectivity index (χ0) is 16.7. The van der Waals surface area contributed by atoms with Crippen molar-refractivity contribution in [2.45, 2.75) is 51.4 Å². The van der Waals surface area contributed by atoms with Gasteiger partial charge in [0.2, 0.25) is 0 Å². The Balaban J connectivity index is 0.00000288. The van der Waals surface area contributed by atoms with Crippen LogP contribution < -0.4 is 5.32 Å². The molecule has 0 amide bonds. The summed E-state index contributed by atoms with van der Waals surface area (Å²) < 4.78 is 11.7. The van der Waals surface area contributed by atoms with E-state index in [0.717, 1.165) is 58.2 Å². The first-order chi connectivity index (χ1) is 11.2. The van der Waals surface area contributed by atoms with Crippen molar-refractivity contribution in [2.24, 2.45) is 4.99 Å². The van der Waals surface area contributed by atoms with Crippen LogP contribution in [0.4, 0.5) is 0 Å². The van der Waals surface area contributed by atoms with Crippen LogP contribution in [0.2, 0.25) is 0 Å². The van der Waals surface area contributed by atoms with E-state index in [0.29, 0.717) is 6.04 Å². The van der Waals surface area contributed by atoms with E-state index in [2.05, 4.69) is 41.0 Å². The lowest BCUT2D eigenvalue weighted by Gasteiger charge is -2.37. The number of hydrogen-bond donors (Lipinski definition) is 1. The lowest BCUT2D eigenvalue weighted by Crippen LogP contribution is -2.54. The van der Waals surface area contributed by atoms with Crippen LogP contribution in [0.15, 0.2) is 4.99 Å². The van der Waals surface area contributed by atoms with Crippen LogP contribution in [0.25, 0.3) is 0 Å². The Labute approximate surface area is 164 Å². The molecule has 6 nitrogen and oxygen atoms in total. The molecule has 2 aliphatic heterocycles. The maximum absolute atomic E-state index is 5.92. The van der Waals surface area contributed by atoms with Crippen LogP contribution in [0, 0.1) is 0 Å². The van der Waals surface area contributed by atoms with Gasteiger partial charge in [-0.1, -0.05) is 6.92 Å². The summed E-state index contributed by atoms with van der Waals surface area (Å²) in [6, 6.07) is 0.617. The quantitative estimate of drug-likeness (QED) is 0.377.